The molecule has 0 aromatic heterocycles. The van der Waals surface area contributed by atoms with Crippen molar-refractivity contribution in [1.82, 2.24) is 0 Å². The van der Waals surface area contributed by atoms with E-state index in [0.29, 0.717) is 17.4 Å². The van der Waals surface area contributed by atoms with Crippen LogP contribution in [0.25, 0.3) is 21.9 Å². The number of carboxylic acid groups (broad SMARTS) is 1. The van der Waals surface area contributed by atoms with Gasteiger partial charge in [0.2, 0.25) is 6.79 Å². The molecule has 1 N–H and O–H groups in total. The van der Waals surface area contributed by atoms with E-state index in [-0.39, 0.29) is 18.5 Å². The molecule has 1 aliphatic carbocycles. The zero-order valence-electron chi connectivity index (χ0n) is 19.7. The Labute approximate surface area is 199 Å². The zero-order chi connectivity index (χ0) is 23.4. The Balaban J connectivity index is 1.47. The molecule has 6 rings (SSSR count). The maximum atomic E-state index is 11.3. The van der Waals surface area contributed by atoms with Crippen LogP contribution in [-0.4, -0.2) is 24.0 Å². The van der Waals surface area contributed by atoms with Crippen LogP contribution in [0.3, 0.4) is 0 Å². The van der Waals surface area contributed by atoms with Crippen LogP contribution in [0, 0.1) is 11.8 Å². The predicted molar refractivity (Wildman–Crippen MR) is 130 cm³/mol. The van der Waals surface area contributed by atoms with E-state index in [0.717, 1.165) is 64.6 Å². The van der Waals surface area contributed by atoms with Gasteiger partial charge in [-0.25, -0.2) is 4.79 Å². The Morgan fingerprint density at radius 1 is 1.00 bits per heavy atom. The first-order valence-electron chi connectivity index (χ1n) is 12.3. The Morgan fingerprint density at radius 3 is 2.65 bits per heavy atom. The summed E-state index contributed by atoms with van der Waals surface area (Å²) in [4.78, 5) is 11.3. The summed E-state index contributed by atoms with van der Waals surface area (Å²) in [5.74, 6) is 2.02. The summed E-state index contributed by atoms with van der Waals surface area (Å²) in [7, 11) is 0. The third-order valence-corrected chi connectivity index (χ3v) is 7.96. The monoisotopic (exact) mass is 458 g/mol. The summed E-state index contributed by atoms with van der Waals surface area (Å²) >= 11 is 0. The van der Waals surface area contributed by atoms with Gasteiger partial charge in [-0.3, -0.25) is 0 Å². The summed E-state index contributed by atoms with van der Waals surface area (Å²) in [5, 5.41) is 11.2. The predicted octanol–water partition coefficient (Wildman–Crippen LogP) is 6.76. The number of carboxylic acids is 1. The molecular weight excluding hydrogens is 428 g/mol. The summed E-state index contributed by atoms with van der Waals surface area (Å²) in [6.45, 7) is 4.71. The van der Waals surface area contributed by atoms with Crippen molar-refractivity contribution in [1.29, 1.82) is 0 Å². The van der Waals surface area contributed by atoms with E-state index in [4.69, 9.17) is 14.2 Å². The molecule has 5 nitrogen and oxygen atoms in total. The molecule has 1 saturated carbocycles. The molecule has 1 saturated heterocycles. The van der Waals surface area contributed by atoms with Crippen molar-refractivity contribution in [3.05, 3.63) is 59.7 Å². The van der Waals surface area contributed by atoms with E-state index in [1.165, 1.54) is 6.42 Å². The van der Waals surface area contributed by atoms with Crippen molar-refractivity contribution in [3.8, 4) is 22.6 Å². The number of carbonyl (C=O) groups is 1. The molecule has 176 valence electrons. The zero-order valence-corrected chi connectivity index (χ0v) is 19.7. The van der Waals surface area contributed by atoms with Gasteiger partial charge in [-0.05, 0) is 96.7 Å². The van der Waals surface area contributed by atoms with Crippen LogP contribution < -0.4 is 9.47 Å². The number of hydrogen-bond donors (Lipinski definition) is 1. The molecule has 4 unspecified atom stereocenters. The molecule has 2 bridgehead atoms. The Bertz CT molecular complexity index is 1280. The minimum Gasteiger partial charge on any atom is -0.478 e. The van der Waals surface area contributed by atoms with Crippen LogP contribution >= 0.6 is 0 Å². The van der Waals surface area contributed by atoms with Crippen LogP contribution in [0.15, 0.2) is 48.5 Å². The number of fused-ring (bicyclic) bond motifs is 4. The summed E-state index contributed by atoms with van der Waals surface area (Å²) in [6, 6.07) is 15.7. The second-order valence-electron chi connectivity index (χ2n) is 10.3. The number of benzene rings is 3. The van der Waals surface area contributed by atoms with E-state index in [1.807, 2.05) is 12.1 Å². The van der Waals surface area contributed by atoms with Gasteiger partial charge in [0.1, 0.15) is 0 Å². The van der Waals surface area contributed by atoms with Gasteiger partial charge in [0.15, 0.2) is 11.5 Å². The lowest BCUT2D eigenvalue weighted by Gasteiger charge is -2.50. The van der Waals surface area contributed by atoms with Crippen molar-refractivity contribution in [2.24, 2.45) is 11.8 Å². The van der Waals surface area contributed by atoms with Gasteiger partial charge >= 0.3 is 5.97 Å². The second kappa shape index (κ2) is 8.02. The van der Waals surface area contributed by atoms with Gasteiger partial charge in [-0.1, -0.05) is 31.5 Å². The molecule has 34 heavy (non-hydrogen) atoms. The molecule has 3 aromatic carbocycles. The maximum absolute atomic E-state index is 11.3. The minimum absolute atomic E-state index is 0.224. The van der Waals surface area contributed by atoms with Crippen LogP contribution in [-0.2, 0) is 10.3 Å². The third kappa shape index (κ3) is 3.54. The quantitative estimate of drug-likeness (QED) is 0.468. The first kappa shape index (κ1) is 21.5. The van der Waals surface area contributed by atoms with Crippen LogP contribution in [0.1, 0.15) is 61.9 Å². The number of hydrogen-bond acceptors (Lipinski definition) is 4. The topological polar surface area (TPSA) is 65.0 Å². The molecule has 5 heteroatoms. The fourth-order valence-corrected chi connectivity index (χ4v) is 6.50. The number of rotatable bonds is 4. The summed E-state index contributed by atoms with van der Waals surface area (Å²) in [6.07, 6.45) is 5.84. The van der Waals surface area contributed by atoms with Gasteiger partial charge in [-0.2, -0.15) is 0 Å². The van der Waals surface area contributed by atoms with E-state index < -0.39 is 5.97 Å². The lowest BCUT2D eigenvalue weighted by atomic mass is 9.65. The lowest BCUT2D eigenvalue weighted by Crippen LogP contribution is -2.46. The fourth-order valence-electron chi connectivity index (χ4n) is 6.50. The molecule has 0 spiro atoms. The largest absolute Gasteiger partial charge is 0.478 e. The molecule has 2 aliphatic heterocycles. The highest BCUT2D eigenvalue weighted by molar-refractivity contribution is 5.95. The van der Waals surface area contributed by atoms with Crippen molar-refractivity contribution >= 4 is 16.7 Å². The van der Waals surface area contributed by atoms with E-state index in [2.05, 4.69) is 38.1 Å². The molecule has 4 atom stereocenters. The second-order valence-corrected chi connectivity index (χ2v) is 10.3. The van der Waals surface area contributed by atoms with Crippen molar-refractivity contribution < 1.29 is 24.1 Å². The Hall–Kier alpha value is -3.05. The minimum atomic E-state index is -0.913. The summed E-state index contributed by atoms with van der Waals surface area (Å²) < 4.78 is 18.7. The molecule has 2 fully saturated rings. The van der Waals surface area contributed by atoms with Crippen molar-refractivity contribution in [3.63, 3.8) is 0 Å². The van der Waals surface area contributed by atoms with Crippen LogP contribution in [0.4, 0.5) is 0 Å². The van der Waals surface area contributed by atoms with Gasteiger partial charge in [-0.15, -0.1) is 0 Å². The first-order valence-corrected chi connectivity index (χ1v) is 12.3. The Kier molecular flexibility index (Phi) is 5.07. The van der Waals surface area contributed by atoms with Crippen LogP contribution in [0.2, 0.25) is 0 Å². The van der Waals surface area contributed by atoms with Crippen molar-refractivity contribution in [2.45, 2.75) is 57.7 Å². The number of ether oxygens (including phenoxy) is 3. The van der Waals surface area contributed by atoms with E-state index in [1.54, 1.807) is 12.1 Å². The van der Waals surface area contributed by atoms with Crippen molar-refractivity contribution in [2.75, 3.05) is 6.79 Å². The maximum Gasteiger partial charge on any atom is 0.335 e. The molecule has 3 aliphatic rings. The molecule has 0 amide bonds. The highest BCUT2D eigenvalue weighted by Crippen LogP contribution is 2.56. The van der Waals surface area contributed by atoms with Gasteiger partial charge < -0.3 is 19.3 Å². The van der Waals surface area contributed by atoms with Gasteiger partial charge in [0, 0.05) is 5.56 Å². The van der Waals surface area contributed by atoms with Crippen LogP contribution in [0.5, 0.6) is 11.5 Å². The smallest absolute Gasteiger partial charge is 0.335 e. The highest BCUT2D eigenvalue weighted by atomic mass is 16.7. The van der Waals surface area contributed by atoms with Gasteiger partial charge in [0.25, 0.3) is 0 Å². The molecule has 0 radical (unpaired) electrons. The normalized spacial score (nSPS) is 27.6. The molecule has 3 aromatic rings. The first-order chi connectivity index (χ1) is 16.4. The Morgan fingerprint density at radius 2 is 1.82 bits per heavy atom. The molecule has 2 heterocycles. The third-order valence-electron chi connectivity index (χ3n) is 7.96. The van der Waals surface area contributed by atoms with E-state index >= 15 is 0 Å². The fraction of sp³-hybridized carbons (Fsp3) is 0.414. The molecular formula is C29H30O5. The SMILES string of the molecule is CCC1CC2CC(C)OC(c3cc(-c4ccc5cc(C(=O)O)ccc5c4)cc4c3OCO4)(C1)C2. The van der Waals surface area contributed by atoms with E-state index in [9.17, 15) is 9.90 Å². The standard InChI is InChI=1S/C29H30O5/c1-3-18-9-19-8-17(2)34-29(14-18,15-19)25-12-24(13-26-27(25)33-16-32-26)22-5-4-21-11-23(28(30)31)7-6-20(21)10-22/h4-7,10-13,17-19H,3,8-9,14-16H2,1-2H3,(H,30,31). The number of aromatic carboxylic acids is 1. The average molecular weight is 459 g/mol. The van der Waals surface area contributed by atoms with Gasteiger partial charge in [0.05, 0.1) is 17.3 Å². The summed E-state index contributed by atoms with van der Waals surface area (Å²) in [5.41, 5.74) is 3.20. The average Bonchev–Trinajstić information content (AvgIpc) is 3.30. The lowest BCUT2D eigenvalue weighted by molar-refractivity contribution is -0.178. The highest BCUT2D eigenvalue weighted by Gasteiger charge is 2.49.